The first-order valence-electron chi connectivity index (χ1n) is 9.62. The highest BCUT2D eigenvalue weighted by atomic mass is 16.6. The van der Waals surface area contributed by atoms with E-state index in [-0.39, 0.29) is 18.2 Å². The molecule has 136 valence electrons. The fourth-order valence-corrected chi connectivity index (χ4v) is 4.21. The molecule has 2 atom stereocenters. The molecule has 1 N–H and O–H groups in total. The number of rotatable bonds is 6. The van der Waals surface area contributed by atoms with E-state index in [0.717, 1.165) is 6.42 Å². The van der Waals surface area contributed by atoms with Gasteiger partial charge in [0.1, 0.15) is 6.61 Å². The van der Waals surface area contributed by atoms with Gasteiger partial charge in [-0.05, 0) is 36.3 Å². The largest absolute Gasteiger partial charge is 0.446 e. The second-order valence-electron chi connectivity index (χ2n) is 7.35. The van der Waals surface area contributed by atoms with Crippen molar-refractivity contribution in [2.45, 2.75) is 44.2 Å². The van der Waals surface area contributed by atoms with E-state index in [4.69, 9.17) is 4.74 Å². The lowest BCUT2D eigenvalue weighted by molar-refractivity contribution is 0.119. The quantitative estimate of drug-likeness (QED) is 0.835. The van der Waals surface area contributed by atoms with Crippen molar-refractivity contribution in [2.75, 3.05) is 6.61 Å². The normalized spacial score (nSPS) is 21.8. The molecule has 4 heteroatoms. The lowest BCUT2D eigenvalue weighted by Crippen LogP contribution is -2.48. The molecule has 0 bridgehead atoms. The molecule has 2 aromatic rings. The van der Waals surface area contributed by atoms with E-state index in [2.05, 4.69) is 41.8 Å². The molecule has 4 nitrogen and oxygen atoms in total. The highest BCUT2D eigenvalue weighted by Crippen LogP contribution is 2.36. The van der Waals surface area contributed by atoms with Gasteiger partial charge in [0.05, 0.1) is 12.1 Å². The van der Waals surface area contributed by atoms with Gasteiger partial charge < -0.3 is 4.74 Å². The van der Waals surface area contributed by atoms with Gasteiger partial charge in [-0.25, -0.2) is 15.2 Å². The Kier molecular flexibility index (Phi) is 5.21. The van der Waals surface area contributed by atoms with E-state index in [9.17, 15) is 4.79 Å². The first kappa shape index (κ1) is 17.1. The molecule has 1 aliphatic carbocycles. The van der Waals surface area contributed by atoms with Crippen molar-refractivity contribution in [2.24, 2.45) is 5.92 Å². The zero-order valence-corrected chi connectivity index (χ0v) is 15.0. The van der Waals surface area contributed by atoms with Gasteiger partial charge in [0.25, 0.3) is 0 Å². The summed E-state index contributed by atoms with van der Waals surface area (Å²) in [6.07, 6.45) is 5.50. The molecule has 0 radical (unpaired) electrons. The number of hydrazine groups is 1. The first-order chi connectivity index (χ1) is 12.8. The van der Waals surface area contributed by atoms with Crippen LogP contribution in [0.4, 0.5) is 4.79 Å². The minimum Gasteiger partial charge on any atom is -0.446 e. The van der Waals surface area contributed by atoms with Crippen LogP contribution in [0.25, 0.3) is 0 Å². The second-order valence-corrected chi connectivity index (χ2v) is 7.35. The van der Waals surface area contributed by atoms with Crippen LogP contribution in [0.5, 0.6) is 0 Å². The lowest BCUT2D eigenvalue weighted by Gasteiger charge is -2.32. The van der Waals surface area contributed by atoms with Crippen LogP contribution in [-0.2, 0) is 11.2 Å². The average molecular weight is 350 g/mol. The predicted molar refractivity (Wildman–Crippen MR) is 101 cm³/mol. The van der Waals surface area contributed by atoms with Crippen molar-refractivity contribution in [3.05, 3.63) is 71.8 Å². The van der Waals surface area contributed by atoms with Gasteiger partial charge in [-0.1, -0.05) is 73.5 Å². The van der Waals surface area contributed by atoms with Crippen LogP contribution in [0, 0.1) is 5.92 Å². The van der Waals surface area contributed by atoms with Crippen LogP contribution >= 0.6 is 0 Å². The number of ether oxygens (including phenoxy) is 1. The molecule has 1 heterocycles. The smallest absolute Gasteiger partial charge is 0.424 e. The Labute approximate surface area is 155 Å². The molecular weight excluding hydrogens is 324 g/mol. The van der Waals surface area contributed by atoms with Crippen molar-refractivity contribution < 1.29 is 9.53 Å². The molecule has 26 heavy (non-hydrogen) atoms. The minimum absolute atomic E-state index is 0.0255. The predicted octanol–water partition coefficient (Wildman–Crippen LogP) is 4.49. The maximum absolute atomic E-state index is 12.4. The summed E-state index contributed by atoms with van der Waals surface area (Å²) in [6.45, 7) is 0.437. The van der Waals surface area contributed by atoms with E-state index >= 15 is 0 Å². The van der Waals surface area contributed by atoms with Gasteiger partial charge in [-0.3, -0.25) is 0 Å². The summed E-state index contributed by atoms with van der Waals surface area (Å²) in [4.78, 5) is 12.4. The van der Waals surface area contributed by atoms with E-state index in [1.807, 2.05) is 24.3 Å². The maximum atomic E-state index is 12.4. The monoisotopic (exact) mass is 350 g/mol. The zero-order chi connectivity index (χ0) is 17.8. The number of hydrogen-bond donors (Lipinski definition) is 1. The highest BCUT2D eigenvalue weighted by molar-refractivity contribution is 5.69. The topological polar surface area (TPSA) is 41.6 Å². The van der Waals surface area contributed by atoms with Crippen LogP contribution in [0.15, 0.2) is 60.7 Å². The Morgan fingerprint density at radius 1 is 1.00 bits per heavy atom. The van der Waals surface area contributed by atoms with E-state index in [0.29, 0.717) is 12.5 Å². The van der Waals surface area contributed by atoms with Gasteiger partial charge in [-0.15, -0.1) is 0 Å². The van der Waals surface area contributed by atoms with Gasteiger partial charge >= 0.3 is 6.09 Å². The number of cyclic esters (lactones) is 1. The molecule has 1 amide bonds. The number of benzene rings is 2. The van der Waals surface area contributed by atoms with Gasteiger partial charge in [0, 0.05) is 0 Å². The summed E-state index contributed by atoms with van der Waals surface area (Å²) >= 11 is 0. The number of nitrogens with one attached hydrogen (secondary N) is 1. The standard InChI is InChI=1S/C22H26N2O2/c25-22-24(20(16-26-22)15-17-9-3-1-4-10-17)23-21(19-13-7-8-14-19)18-11-5-2-6-12-18/h1-6,9-12,19-21,23H,7-8,13-16H2/t20-,21-/m0/s1. The van der Waals surface area contributed by atoms with Crippen molar-refractivity contribution in [3.8, 4) is 0 Å². The zero-order valence-electron chi connectivity index (χ0n) is 15.0. The first-order valence-corrected chi connectivity index (χ1v) is 9.62. The number of hydrogen-bond acceptors (Lipinski definition) is 3. The molecule has 2 fully saturated rings. The van der Waals surface area contributed by atoms with Crippen molar-refractivity contribution in [1.82, 2.24) is 10.4 Å². The van der Waals surface area contributed by atoms with Gasteiger partial charge in [0.15, 0.2) is 0 Å². The Morgan fingerprint density at radius 2 is 1.65 bits per heavy atom. The van der Waals surface area contributed by atoms with E-state index in [1.165, 1.54) is 36.8 Å². The van der Waals surface area contributed by atoms with Gasteiger partial charge in [0.2, 0.25) is 0 Å². The van der Waals surface area contributed by atoms with Crippen LogP contribution in [-0.4, -0.2) is 23.8 Å². The number of nitrogens with zero attached hydrogens (tertiary/aromatic N) is 1. The highest BCUT2D eigenvalue weighted by Gasteiger charge is 2.37. The Morgan fingerprint density at radius 3 is 2.35 bits per heavy atom. The Hall–Kier alpha value is -2.33. The third kappa shape index (κ3) is 3.75. The number of carbonyl (C=O) groups is 1. The summed E-state index contributed by atoms with van der Waals surface area (Å²) in [5.74, 6) is 0.558. The lowest BCUT2D eigenvalue weighted by atomic mass is 9.92. The summed E-state index contributed by atoms with van der Waals surface area (Å²) in [7, 11) is 0. The SMILES string of the molecule is O=C1OC[C@H](Cc2ccccc2)N1N[C@@H](c1ccccc1)C1CCCC1. The van der Waals surface area contributed by atoms with Crippen molar-refractivity contribution in [3.63, 3.8) is 0 Å². The molecule has 0 unspecified atom stereocenters. The molecule has 2 aromatic carbocycles. The van der Waals surface area contributed by atoms with Crippen LogP contribution in [0.1, 0.15) is 42.9 Å². The fraction of sp³-hybridized carbons (Fsp3) is 0.409. The maximum Gasteiger partial charge on any atom is 0.424 e. The molecular formula is C22H26N2O2. The van der Waals surface area contributed by atoms with Gasteiger partial charge in [-0.2, -0.15) is 0 Å². The van der Waals surface area contributed by atoms with Crippen LogP contribution in [0.2, 0.25) is 0 Å². The van der Waals surface area contributed by atoms with E-state index < -0.39 is 0 Å². The summed E-state index contributed by atoms with van der Waals surface area (Å²) in [5, 5.41) is 1.74. The third-order valence-electron chi connectivity index (χ3n) is 5.58. The van der Waals surface area contributed by atoms with Crippen LogP contribution < -0.4 is 5.43 Å². The third-order valence-corrected chi connectivity index (χ3v) is 5.58. The van der Waals surface area contributed by atoms with Crippen LogP contribution in [0.3, 0.4) is 0 Å². The van der Waals surface area contributed by atoms with Crippen molar-refractivity contribution >= 4 is 6.09 Å². The second kappa shape index (κ2) is 7.92. The molecule has 1 saturated carbocycles. The molecule has 0 spiro atoms. The summed E-state index contributed by atoms with van der Waals surface area (Å²) < 4.78 is 5.37. The fourth-order valence-electron chi connectivity index (χ4n) is 4.21. The molecule has 1 saturated heterocycles. The molecule has 4 rings (SSSR count). The van der Waals surface area contributed by atoms with Crippen molar-refractivity contribution in [1.29, 1.82) is 0 Å². The number of carbonyl (C=O) groups excluding carboxylic acids is 1. The molecule has 0 aromatic heterocycles. The Balaban J connectivity index is 1.53. The molecule has 1 aliphatic heterocycles. The summed E-state index contributed by atoms with van der Waals surface area (Å²) in [6, 6.07) is 21.0. The molecule has 2 aliphatic rings. The summed E-state index contributed by atoms with van der Waals surface area (Å²) in [5.41, 5.74) is 6.02. The minimum atomic E-state index is -0.259. The average Bonchev–Trinajstić information content (AvgIpc) is 3.32. The number of amides is 1. The Bertz CT molecular complexity index is 713. The van der Waals surface area contributed by atoms with E-state index in [1.54, 1.807) is 5.01 Å².